The van der Waals surface area contributed by atoms with E-state index in [4.69, 9.17) is 39.8 Å². The second-order valence-electron chi connectivity index (χ2n) is 6.13. The first-order chi connectivity index (χ1) is 14.4. The molecule has 1 N–H and O–H groups in total. The maximum Gasteiger partial charge on any atom is 0.270 e. The van der Waals surface area contributed by atoms with E-state index in [1.54, 1.807) is 24.3 Å². The van der Waals surface area contributed by atoms with Crippen LogP contribution in [0.3, 0.4) is 0 Å². The van der Waals surface area contributed by atoms with Crippen LogP contribution in [0.4, 0.5) is 5.69 Å². The van der Waals surface area contributed by atoms with E-state index in [1.165, 1.54) is 28.8 Å². The third-order valence-corrected chi connectivity index (χ3v) is 6.07. The van der Waals surface area contributed by atoms with Crippen LogP contribution >= 0.6 is 47.2 Å². The molecule has 5 nitrogen and oxygen atoms in total. The summed E-state index contributed by atoms with van der Waals surface area (Å²) < 4.78 is 5.75. The van der Waals surface area contributed by atoms with Gasteiger partial charge in [-0.15, -0.1) is 0 Å². The van der Waals surface area contributed by atoms with E-state index in [2.05, 4.69) is 5.32 Å². The van der Waals surface area contributed by atoms with Crippen molar-refractivity contribution in [1.29, 1.82) is 0 Å². The van der Waals surface area contributed by atoms with Crippen LogP contribution in [0, 0.1) is 0 Å². The molecule has 1 aliphatic heterocycles. The zero-order chi connectivity index (χ0) is 21.3. The van der Waals surface area contributed by atoms with Crippen LogP contribution in [0.1, 0.15) is 5.76 Å². The third-order valence-electron chi connectivity index (χ3n) is 4.11. The Morgan fingerprint density at radius 1 is 1.00 bits per heavy atom. The van der Waals surface area contributed by atoms with Crippen LogP contribution in [0.25, 0.3) is 6.08 Å². The number of nitrogens with zero attached hydrogens (tertiary/aromatic N) is 1. The fourth-order valence-corrected chi connectivity index (χ4v) is 4.10. The second kappa shape index (κ2) is 8.65. The summed E-state index contributed by atoms with van der Waals surface area (Å²) >= 11 is 18.6. The summed E-state index contributed by atoms with van der Waals surface area (Å²) in [7, 11) is 0. The average Bonchev–Trinajstić information content (AvgIpc) is 3.15. The predicted octanol–water partition coefficient (Wildman–Crippen LogP) is 5.57. The number of carbonyl (C=O) groups excluding carboxylic acids is 2. The number of hydrogen-bond donors (Lipinski definition) is 1. The minimum absolute atomic E-state index is 0.0414. The molecule has 1 saturated heterocycles. The lowest BCUT2D eigenvalue weighted by Gasteiger charge is -2.28. The van der Waals surface area contributed by atoms with Crippen molar-refractivity contribution < 1.29 is 14.0 Å². The Morgan fingerprint density at radius 3 is 2.50 bits per heavy atom. The number of amides is 2. The van der Waals surface area contributed by atoms with Crippen molar-refractivity contribution in [2.45, 2.75) is 9.99 Å². The van der Waals surface area contributed by atoms with Crippen molar-refractivity contribution in [2.24, 2.45) is 0 Å². The molecule has 0 atom stereocenters. The Hall–Kier alpha value is -2.58. The molecule has 3 aromatic rings. The molecule has 1 aliphatic rings. The van der Waals surface area contributed by atoms with E-state index in [9.17, 15) is 9.59 Å². The van der Waals surface area contributed by atoms with Gasteiger partial charge in [-0.3, -0.25) is 19.8 Å². The van der Waals surface area contributed by atoms with Gasteiger partial charge in [-0.2, -0.15) is 0 Å². The lowest BCUT2D eigenvalue weighted by Crippen LogP contribution is -2.54. The predicted molar refractivity (Wildman–Crippen MR) is 122 cm³/mol. The summed E-state index contributed by atoms with van der Waals surface area (Å²) in [6.07, 6.45) is 1.39. The van der Waals surface area contributed by atoms with Crippen LogP contribution in [0.5, 0.6) is 0 Å². The van der Waals surface area contributed by atoms with Gasteiger partial charge in [-0.1, -0.05) is 53.2 Å². The van der Waals surface area contributed by atoms with E-state index in [0.29, 0.717) is 21.6 Å². The van der Waals surface area contributed by atoms with Crippen LogP contribution in [-0.4, -0.2) is 16.9 Å². The summed E-state index contributed by atoms with van der Waals surface area (Å²) in [6.45, 7) is 0. The highest BCUT2D eigenvalue weighted by Gasteiger charge is 2.35. The quantitative estimate of drug-likeness (QED) is 0.304. The lowest BCUT2D eigenvalue weighted by atomic mass is 10.1. The summed E-state index contributed by atoms with van der Waals surface area (Å²) in [6, 6.07) is 17.8. The van der Waals surface area contributed by atoms with Gasteiger partial charge in [-0.05, 0) is 60.8 Å². The zero-order valence-corrected chi connectivity index (χ0v) is 18.2. The third kappa shape index (κ3) is 4.29. The van der Waals surface area contributed by atoms with Gasteiger partial charge in [0.15, 0.2) is 10.2 Å². The fourth-order valence-electron chi connectivity index (χ4n) is 2.73. The topological polar surface area (TPSA) is 62.6 Å². The van der Waals surface area contributed by atoms with Crippen LogP contribution < -0.4 is 10.2 Å². The van der Waals surface area contributed by atoms with Gasteiger partial charge in [0.25, 0.3) is 11.8 Å². The maximum atomic E-state index is 13.0. The summed E-state index contributed by atoms with van der Waals surface area (Å²) in [4.78, 5) is 27.6. The number of nitrogens with one attached hydrogen (secondary N) is 1. The fraction of sp³-hybridized carbons (Fsp3) is 0. The number of anilines is 1. The molecular formula is C21H12Cl2N2O3S2. The molecule has 1 aromatic heterocycles. The number of hydrogen-bond acceptors (Lipinski definition) is 5. The Morgan fingerprint density at radius 2 is 1.77 bits per heavy atom. The molecule has 2 amide bonds. The van der Waals surface area contributed by atoms with Crippen molar-refractivity contribution in [3.63, 3.8) is 0 Å². The van der Waals surface area contributed by atoms with Gasteiger partial charge < -0.3 is 4.42 Å². The molecule has 4 rings (SSSR count). The smallest absolute Gasteiger partial charge is 0.270 e. The number of benzene rings is 2. The van der Waals surface area contributed by atoms with E-state index in [1.807, 2.05) is 30.3 Å². The Labute approximate surface area is 191 Å². The van der Waals surface area contributed by atoms with Crippen molar-refractivity contribution in [1.82, 2.24) is 5.32 Å². The SMILES string of the molecule is O=C1NC(=S)N(c2ccc(Cl)c(Cl)c2)C(=O)/C1=C/c1ccc(Sc2ccccc2)o1. The molecule has 150 valence electrons. The largest absolute Gasteiger partial charge is 0.450 e. The van der Waals surface area contributed by atoms with E-state index in [0.717, 1.165) is 4.90 Å². The van der Waals surface area contributed by atoms with E-state index < -0.39 is 11.8 Å². The minimum atomic E-state index is -0.602. The summed E-state index contributed by atoms with van der Waals surface area (Å²) in [5.74, 6) is -0.820. The first-order valence-corrected chi connectivity index (χ1v) is 10.6. The molecule has 1 fully saturated rings. The van der Waals surface area contributed by atoms with Gasteiger partial charge in [0.1, 0.15) is 11.3 Å². The van der Waals surface area contributed by atoms with Crippen LogP contribution in [0.2, 0.25) is 10.0 Å². The Kier molecular flexibility index (Phi) is 5.97. The van der Waals surface area contributed by atoms with Crippen molar-refractivity contribution in [3.8, 4) is 0 Å². The van der Waals surface area contributed by atoms with Gasteiger partial charge in [0, 0.05) is 4.90 Å². The molecule has 9 heteroatoms. The lowest BCUT2D eigenvalue weighted by molar-refractivity contribution is -0.122. The van der Waals surface area contributed by atoms with Gasteiger partial charge in [0.2, 0.25) is 0 Å². The summed E-state index contributed by atoms with van der Waals surface area (Å²) in [5.41, 5.74) is 0.283. The van der Waals surface area contributed by atoms with E-state index in [-0.39, 0.29) is 15.7 Å². The minimum Gasteiger partial charge on any atom is -0.450 e. The molecule has 2 heterocycles. The monoisotopic (exact) mass is 474 g/mol. The molecule has 0 unspecified atom stereocenters. The van der Waals surface area contributed by atoms with Crippen molar-refractivity contribution in [2.75, 3.05) is 4.90 Å². The van der Waals surface area contributed by atoms with E-state index >= 15 is 0 Å². The number of thiocarbonyl (C=S) groups is 1. The van der Waals surface area contributed by atoms with Gasteiger partial charge in [-0.25, -0.2) is 0 Å². The molecule has 0 bridgehead atoms. The van der Waals surface area contributed by atoms with Crippen molar-refractivity contribution >= 4 is 75.9 Å². The highest BCUT2D eigenvalue weighted by atomic mass is 35.5. The number of furan rings is 1. The average molecular weight is 475 g/mol. The molecule has 0 aliphatic carbocycles. The van der Waals surface area contributed by atoms with Gasteiger partial charge >= 0.3 is 0 Å². The first kappa shape index (κ1) is 20.7. The Bertz CT molecular complexity index is 1190. The van der Waals surface area contributed by atoms with Crippen LogP contribution in [-0.2, 0) is 9.59 Å². The standard InChI is InChI=1S/C21H12Cl2N2O3S2/c22-16-8-6-12(10-17(16)23)25-20(27)15(19(26)24-21(25)29)11-13-7-9-18(28-13)30-14-4-2-1-3-5-14/h1-11H,(H,24,26,29)/b15-11+. The maximum absolute atomic E-state index is 13.0. The summed E-state index contributed by atoms with van der Waals surface area (Å²) in [5, 5.41) is 3.71. The Balaban J connectivity index is 1.62. The number of rotatable bonds is 4. The van der Waals surface area contributed by atoms with Gasteiger partial charge in [0.05, 0.1) is 15.7 Å². The number of carbonyl (C=O) groups is 2. The zero-order valence-electron chi connectivity index (χ0n) is 15.1. The molecule has 0 radical (unpaired) electrons. The van der Waals surface area contributed by atoms with Crippen LogP contribution in [0.15, 0.2) is 80.6 Å². The first-order valence-electron chi connectivity index (χ1n) is 8.61. The molecule has 2 aromatic carbocycles. The normalized spacial score (nSPS) is 15.6. The highest BCUT2D eigenvalue weighted by molar-refractivity contribution is 7.99. The molecule has 0 saturated carbocycles. The second-order valence-corrected chi connectivity index (χ2v) is 8.41. The highest BCUT2D eigenvalue weighted by Crippen LogP contribution is 2.31. The molecule has 30 heavy (non-hydrogen) atoms. The van der Waals surface area contributed by atoms with Crippen molar-refractivity contribution in [3.05, 3.63) is 82.0 Å². The molecule has 0 spiro atoms. The number of halogens is 2. The molecular weight excluding hydrogens is 463 g/mol.